The van der Waals surface area contributed by atoms with Crippen LogP contribution in [0.1, 0.15) is 37.1 Å². The maximum absolute atomic E-state index is 12.6. The predicted octanol–water partition coefficient (Wildman–Crippen LogP) is 3.48. The van der Waals surface area contributed by atoms with Crippen LogP contribution in [-0.4, -0.2) is 20.2 Å². The van der Waals surface area contributed by atoms with E-state index in [9.17, 15) is 8.42 Å². The number of para-hydroxylation sites is 1. The maximum atomic E-state index is 12.6. The van der Waals surface area contributed by atoms with Crippen LogP contribution in [0.3, 0.4) is 0 Å². The summed E-state index contributed by atoms with van der Waals surface area (Å²) >= 11 is 0. The van der Waals surface area contributed by atoms with E-state index in [1.807, 2.05) is 25.1 Å². The van der Waals surface area contributed by atoms with Crippen LogP contribution < -0.4 is 9.46 Å². The Morgan fingerprint density at radius 2 is 2.08 bits per heavy atom. The van der Waals surface area contributed by atoms with E-state index in [1.165, 1.54) is 0 Å². The number of nitrogens with one attached hydrogen (secondary N) is 1. The fraction of sp³-hybridized carbons (Fsp3) is 0.353. The molecule has 1 aromatic carbocycles. The zero-order chi connectivity index (χ0) is 18.2. The van der Waals surface area contributed by atoms with Crippen LogP contribution in [0.4, 0.5) is 0 Å². The Morgan fingerprint density at radius 3 is 2.72 bits per heavy atom. The van der Waals surface area contributed by atoms with Gasteiger partial charge >= 0.3 is 0 Å². The van der Waals surface area contributed by atoms with Gasteiger partial charge in [-0.15, -0.1) is 0 Å². The number of hydrogen-bond acceptors (Lipinski definition) is 6. The number of nitrogens with zero attached hydrogens (tertiary/aromatic N) is 1. The summed E-state index contributed by atoms with van der Waals surface area (Å²) in [5.41, 5.74) is 0.920. The van der Waals surface area contributed by atoms with Gasteiger partial charge in [0.15, 0.2) is 17.1 Å². The third-order valence-electron chi connectivity index (χ3n) is 3.82. The first-order valence-corrected chi connectivity index (χ1v) is 9.42. The smallest absolute Gasteiger partial charge is 0.246 e. The zero-order valence-electron chi connectivity index (χ0n) is 14.5. The van der Waals surface area contributed by atoms with Gasteiger partial charge in [0, 0.05) is 5.39 Å². The van der Waals surface area contributed by atoms with Gasteiger partial charge in [-0.1, -0.05) is 17.3 Å². The third-order valence-corrected chi connectivity index (χ3v) is 5.61. The molecule has 1 N–H and O–H groups in total. The number of furan rings is 1. The molecule has 7 nitrogen and oxygen atoms in total. The lowest BCUT2D eigenvalue weighted by Gasteiger charge is -2.11. The molecule has 0 aliphatic rings. The van der Waals surface area contributed by atoms with Crippen molar-refractivity contribution in [2.45, 2.75) is 38.6 Å². The van der Waals surface area contributed by atoms with Crippen molar-refractivity contribution in [1.82, 2.24) is 9.88 Å². The molecule has 1 atom stereocenters. The third kappa shape index (κ3) is 3.27. The molecule has 0 aliphatic carbocycles. The van der Waals surface area contributed by atoms with Crippen molar-refractivity contribution in [3.05, 3.63) is 41.5 Å². The van der Waals surface area contributed by atoms with Crippen molar-refractivity contribution in [2.24, 2.45) is 0 Å². The Balaban J connectivity index is 1.92. The molecule has 0 bridgehead atoms. The summed E-state index contributed by atoms with van der Waals surface area (Å²) in [6, 6.07) is 6.81. The van der Waals surface area contributed by atoms with Gasteiger partial charge < -0.3 is 13.7 Å². The summed E-state index contributed by atoms with van der Waals surface area (Å²) in [4.78, 5) is 0.0606. The van der Waals surface area contributed by atoms with Crippen molar-refractivity contribution in [3.8, 4) is 5.75 Å². The Morgan fingerprint density at radius 1 is 1.32 bits per heavy atom. The summed E-state index contributed by atoms with van der Waals surface area (Å²) in [7, 11) is -3.78. The first-order chi connectivity index (χ1) is 11.8. The average molecular weight is 364 g/mol. The van der Waals surface area contributed by atoms with E-state index in [1.54, 1.807) is 26.8 Å². The lowest BCUT2D eigenvalue weighted by Crippen LogP contribution is -2.27. The van der Waals surface area contributed by atoms with Gasteiger partial charge in [0.2, 0.25) is 10.0 Å². The molecule has 2 heterocycles. The van der Waals surface area contributed by atoms with Gasteiger partial charge in [0.1, 0.15) is 16.3 Å². The summed E-state index contributed by atoms with van der Waals surface area (Å²) in [5, 5.41) is 4.55. The van der Waals surface area contributed by atoms with Crippen LogP contribution in [0, 0.1) is 13.8 Å². The van der Waals surface area contributed by atoms with Crippen LogP contribution in [0.5, 0.6) is 5.75 Å². The zero-order valence-corrected chi connectivity index (χ0v) is 15.3. The Hall–Kier alpha value is -2.32. The SMILES string of the molecule is CCOc1cccc2cc(C(C)NS(=O)(=O)c3c(C)noc3C)oc12. The highest BCUT2D eigenvalue weighted by Crippen LogP contribution is 2.32. The number of aryl methyl sites for hydroxylation is 2. The quantitative estimate of drug-likeness (QED) is 0.719. The van der Waals surface area contributed by atoms with Crippen molar-refractivity contribution in [2.75, 3.05) is 6.61 Å². The van der Waals surface area contributed by atoms with Crippen LogP contribution >= 0.6 is 0 Å². The van der Waals surface area contributed by atoms with Crippen LogP contribution in [-0.2, 0) is 10.0 Å². The van der Waals surface area contributed by atoms with E-state index in [0.29, 0.717) is 29.4 Å². The molecule has 134 valence electrons. The number of hydrogen-bond donors (Lipinski definition) is 1. The standard InChI is InChI=1S/C17H20N2O5S/c1-5-22-14-8-6-7-13-9-15(23-16(13)14)10(2)19-25(20,21)17-11(3)18-24-12(17)4/h6-10,19H,5H2,1-4H3. The fourth-order valence-electron chi connectivity index (χ4n) is 2.75. The molecule has 8 heteroatoms. The fourth-order valence-corrected chi connectivity index (χ4v) is 4.29. The van der Waals surface area contributed by atoms with E-state index in [0.717, 1.165) is 5.39 Å². The van der Waals surface area contributed by atoms with E-state index in [2.05, 4.69) is 9.88 Å². The van der Waals surface area contributed by atoms with Gasteiger partial charge in [-0.25, -0.2) is 13.1 Å². The molecule has 0 saturated heterocycles. The van der Waals surface area contributed by atoms with Crippen LogP contribution in [0.25, 0.3) is 11.0 Å². The average Bonchev–Trinajstić information content (AvgIpc) is 3.11. The molecule has 3 aromatic rings. The molecular weight excluding hydrogens is 344 g/mol. The largest absolute Gasteiger partial charge is 0.490 e. The van der Waals surface area contributed by atoms with Gasteiger partial charge in [-0.05, 0) is 39.8 Å². The molecule has 1 unspecified atom stereocenters. The second-order valence-electron chi connectivity index (χ2n) is 5.75. The Bertz CT molecular complexity index is 984. The predicted molar refractivity (Wildman–Crippen MR) is 92.1 cm³/mol. The lowest BCUT2D eigenvalue weighted by molar-refractivity contribution is 0.336. The number of benzene rings is 1. The highest BCUT2D eigenvalue weighted by atomic mass is 32.2. The summed E-state index contributed by atoms with van der Waals surface area (Å²) in [5.74, 6) is 1.38. The van der Waals surface area contributed by atoms with Crippen molar-refractivity contribution >= 4 is 21.0 Å². The molecule has 0 fully saturated rings. The topological polar surface area (TPSA) is 94.6 Å². The molecule has 2 aromatic heterocycles. The van der Waals surface area contributed by atoms with Crippen molar-refractivity contribution in [1.29, 1.82) is 0 Å². The Kier molecular flexibility index (Phi) is 4.57. The first kappa shape index (κ1) is 17.5. The highest BCUT2D eigenvalue weighted by Gasteiger charge is 2.27. The second-order valence-corrected chi connectivity index (χ2v) is 7.40. The number of aromatic nitrogens is 1. The molecule has 0 spiro atoms. The summed E-state index contributed by atoms with van der Waals surface area (Å²) < 4.78 is 44.2. The monoisotopic (exact) mass is 364 g/mol. The van der Waals surface area contributed by atoms with Crippen molar-refractivity contribution < 1.29 is 22.1 Å². The molecule has 3 rings (SSSR count). The molecule has 25 heavy (non-hydrogen) atoms. The molecule has 0 saturated carbocycles. The minimum atomic E-state index is -3.78. The van der Waals surface area contributed by atoms with E-state index >= 15 is 0 Å². The summed E-state index contributed by atoms with van der Waals surface area (Å²) in [6.45, 7) is 7.28. The first-order valence-electron chi connectivity index (χ1n) is 7.94. The van der Waals surface area contributed by atoms with Gasteiger partial charge in [0.25, 0.3) is 0 Å². The van der Waals surface area contributed by atoms with Crippen LogP contribution in [0.2, 0.25) is 0 Å². The molecular formula is C17H20N2O5S. The van der Waals surface area contributed by atoms with E-state index in [4.69, 9.17) is 13.7 Å². The highest BCUT2D eigenvalue weighted by molar-refractivity contribution is 7.89. The molecule has 0 aliphatic heterocycles. The van der Waals surface area contributed by atoms with Gasteiger partial charge in [-0.2, -0.15) is 0 Å². The van der Waals surface area contributed by atoms with Crippen LogP contribution in [0.15, 0.2) is 38.1 Å². The number of sulfonamides is 1. The van der Waals surface area contributed by atoms with E-state index in [-0.39, 0.29) is 10.7 Å². The maximum Gasteiger partial charge on any atom is 0.246 e. The summed E-state index contributed by atoms with van der Waals surface area (Å²) in [6.07, 6.45) is 0. The molecule has 0 amide bonds. The minimum Gasteiger partial charge on any atom is -0.490 e. The van der Waals surface area contributed by atoms with E-state index < -0.39 is 16.1 Å². The Labute approximate surface area is 146 Å². The lowest BCUT2D eigenvalue weighted by atomic mass is 10.2. The number of ether oxygens (including phenoxy) is 1. The minimum absolute atomic E-state index is 0.0606. The normalized spacial score (nSPS) is 13.3. The number of rotatable bonds is 6. The molecule has 0 radical (unpaired) electrons. The van der Waals surface area contributed by atoms with Gasteiger partial charge in [-0.3, -0.25) is 0 Å². The second kappa shape index (κ2) is 6.53. The number of fused-ring (bicyclic) bond motifs is 1. The van der Waals surface area contributed by atoms with Crippen molar-refractivity contribution in [3.63, 3.8) is 0 Å². The van der Waals surface area contributed by atoms with Gasteiger partial charge in [0.05, 0.1) is 12.6 Å².